The quantitative estimate of drug-likeness (QED) is 0.622. The Kier molecular flexibility index (Phi) is 6.35. The van der Waals surface area contributed by atoms with Crippen molar-refractivity contribution in [3.63, 3.8) is 0 Å². The SMILES string of the molecule is OC(COSc1cccc2c1OCCC2)CN1CCN(C(C2CC2)C2CC2)CC1. The molecular weight excluding hydrogens is 384 g/mol. The second-order valence-electron chi connectivity index (χ2n) is 9.22. The summed E-state index contributed by atoms with van der Waals surface area (Å²) in [5, 5.41) is 10.5. The number of para-hydroxylation sites is 1. The molecule has 2 saturated carbocycles. The van der Waals surface area contributed by atoms with Crippen LogP contribution in [-0.4, -0.2) is 73.0 Å². The van der Waals surface area contributed by atoms with E-state index in [4.69, 9.17) is 8.92 Å². The third-order valence-corrected chi connectivity index (χ3v) is 7.57. The number of fused-ring (bicyclic) bond motifs is 1. The molecule has 2 aliphatic heterocycles. The van der Waals surface area contributed by atoms with Gasteiger partial charge in [-0.3, -0.25) is 9.80 Å². The second-order valence-corrected chi connectivity index (χ2v) is 10.1. The highest BCUT2D eigenvalue weighted by Gasteiger charge is 2.45. The van der Waals surface area contributed by atoms with Gasteiger partial charge < -0.3 is 14.0 Å². The van der Waals surface area contributed by atoms with E-state index in [1.54, 1.807) is 0 Å². The fraction of sp³-hybridized carbons (Fsp3) is 0.739. The predicted octanol–water partition coefficient (Wildman–Crippen LogP) is 3.20. The minimum atomic E-state index is -0.447. The van der Waals surface area contributed by atoms with Crippen LogP contribution in [0.25, 0.3) is 0 Å². The number of benzene rings is 1. The van der Waals surface area contributed by atoms with Crippen molar-refractivity contribution in [2.75, 3.05) is 45.9 Å². The third-order valence-electron chi connectivity index (χ3n) is 6.81. The zero-order valence-corrected chi connectivity index (χ0v) is 18.1. The second kappa shape index (κ2) is 9.15. The number of aliphatic hydroxyl groups is 1. The first-order chi connectivity index (χ1) is 14.3. The molecule has 5 rings (SSSR count). The van der Waals surface area contributed by atoms with Crippen molar-refractivity contribution in [1.29, 1.82) is 0 Å². The number of aliphatic hydroxyl groups excluding tert-OH is 1. The van der Waals surface area contributed by atoms with Crippen LogP contribution < -0.4 is 4.74 Å². The molecule has 5 nitrogen and oxygen atoms in total. The van der Waals surface area contributed by atoms with Gasteiger partial charge in [0.25, 0.3) is 0 Å². The monoisotopic (exact) mass is 418 g/mol. The molecule has 1 saturated heterocycles. The maximum atomic E-state index is 10.5. The number of aryl methyl sites for hydroxylation is 1. The number of piperazine rings is 1. The van der Waals surface area contributed by atoms with Crippen LogP contribution in [-0.2, 0) is 10.6 Å². The van der Waals surface area contributed by atoms with E-state index in [0.717, 1.165) is 74.2 Å². The van der Waals surface area contributed by atoms with Crippen LogP contribution in [0.3, 0.4) is 0 Å². The van der Waals surface area contributed by atoms with Crippen molar-refractivity contribution >= 4 is 12.0 Å². The zero-order chi connectivity index (χ0) is 19.6. The lowest BCUT2D eigenvalue weighted by Crippen LogP contribution is -2.53. The minimum Gasteiger partial charge on any atom is -0.492 e. The van der Waals surface area contributed by atoms with Crippen molar-refractivity contribution in [2.24, 2.45) is 11.8 Å². The molecule has 4 aliphatic rings. The first-order valence-electron chi connectivity index (χ1n) is 11.5. The lowest BCUT2D eigenvalue weighted by atomic mass is 10.0. The van der Waals surface area contributed by atoms with Crippen molar-refractivity contribution in [3.05, 3.63) is 23.8 Å². The van der Waals surface area contributed by atoms with Gasteiger partial charge in [0.15, 0.2) is 0 Å². The summed E-state index contributed by atoms with van der Waals surface area (Å²) >= 11 is 1.34. The van der Waals surface area contributed by atoms with Crippen LogP contribution in [0.2, 0.25) is 0 Å². The van der Waals surface area contributed by atoms with Crippen LogP contribution in [0, 0.1) is 11.8 Å². The van der Waals surface area contributed by atoms with E-state index in [1.165, 1.54) is 43.3 Å². The van der Waals surface area contributed by atoms with E-state index in [1.807, 2.05) is 6.07 Å². The first kappa shape index (κ1) is 20.1. The topological polar surface area (TPSA) is 45.2 Å². The highest BCUT2D eigenvalue weighted by molar-refractivity contribution is 7.94. The molecule has 1 N–H and O–H groups in total. The fourth-order valence-corrected chi connectivity index (χ4v) is 5.80. The highest BCUT2D eigenvalue weighted by Crippen LogP contribution is 2.47. The molecule has 0 spiro atoms. The Morgan fingerprint density at radius 3 is 2.59 bits per heavy atom. The van der Waals surface area contributed by atoms with E-state index in [0.29, 0.717) is 13.2 Å². The standard InChI is InChI=1S/C23H34N2O3S/c26-20(16-28-29-21-5-1-3-19-4-2-14-27-23(19)21)15-24-10-12-25(13-11-24)22(17-6-7-17)18-8-9-18/h1,3,5,17-18,20,22,26H,2,4,6-16H2. The molecule has 3 fully saturated rings. The molecular formula is C23H34N2O3S. The largest absolute Gasteiger partial charge is 0.492 e. The molecule has 1 unspecified atom stereocenters. The van der Waals surface area contributed by atoms with E-state index in [2.05, 4.69) is 21.9 Å². The summed E-state index contributed by atoms with van der Waals surface area (Å²) in [6.07, 6.45) is 7.50. The van der Waals surface area contributed by atoms with Gasteiger partial charge in [0.1, 0.15) is 5.75 Å². The summed E-state index contributed by atoms with van der Waals surface area (Å²) < 4.78 is 11.6. The minimum absolute atomic E-state index is 0.349. The van der Waals surface area contributed by atoms with Crippen molar-refractivity contribution < 1.29 is 14.0 Å². The Labute approximate surface area is 178 Å². The molecule has 1 aromatic rings. The number of ether oxygens (including phenoxy) is 1. The zero-order valence-electron chi connectivity index (χ0n) is 17.3. The molecule has 0 bridgehead atoms. The Morgan fingerprint density at radius 1 is 1.10 bits per heavy atom. The first-order valence-corrected chi connectivity index (χ1v) is 12.2. The average Bonchev–Trinajstić information content (AvgIpc) is 3.65. The van der Waals surface area contributed by atoms with Crippen LogP contribution in [0.5, 0.6) is 5.75 Å². The molecule has 29 heavy (non-hydrogen) atoms. The molecule has 1 atom stereocenters. The van der Waals surface area contributed by atoms with Crippen LogP contribution in [0.15, 0.2) is 23.1 Å². The summed E-state index contributed by atoms with van der Waals surface area (Å²) in [4.78, 5) is 6.18. The Balaban J connectivity index is 1.04. The van der Waals surface area contributed by atoms with Crippen LogP contribution >= 0.6 is 12.0 Å². The van der Waals surface area contributed by atoms with Gasteiger partial charge in [0.2, 0.25) is 0 Å². The van der Waals surface area contributed by atoms with Gasteiger partial charge in [-0.15, -0.1) is 0 Å². The normalized spacial score (nSPS) is 24.3. The van der Waals surface area contributed by atoms with E-state index in [-0.39, 0.29) is 0 Å². The fourth-order valence-electron chi connectivity index (χ4n) is 5.05. The Morgan fingerprint density at radius 2 is 1.86 bits per heavy atom. The number of rotatable bonds is 9. The van der Waals surface area contributed by atoms with Crippen molar-refractivity contribution in [1.82, 2.24) is 9.80 Å². The van der Waals surface area contributed by atoms with Gasteiger partial charge in [-0.05, 0) is 62.0 Å². The smallest absolute Gasteiger partial charge is 0.138 e. The lowest BCUT2D eigenvalue weighted by Gasteiger charge is -2.40. The number of hydrogen-bond acceptors (Lipinski definition) is 6. The number of hydrogen-bond donors (Lipinski definition) is 1. The van der Waals surface area contributed by atoms with E-state index >= 15 is 0 Å². The van der Waals surface area contributed by atoms with E-state index in [9.17, 15) is 5.11 Å². The number of β-amino-alcohol motifs (C(OH)–C–C–N with tert-alkyl or cyclic N) is 1. The van der Waals surface area contributed by atoms with Gasteiger partial charge in [0.05, 0.1) is 24.2 Å². The predicted molar refractivity (Wildman–Crippen MR) is 115 cm³/mol. The molecule has 0 amide bonds. The molecule has 0 radical (unpaired) electrons. The summed E-state index contributed by atoms with van der Waals surface area (Å²) in [6, 6.07) is 7.09. The van der Waals surface area contributed by atoms with Gasteiger partial charge in [0, 0.05) is 50.8 Å². The molecule has 1 aromatic carbocycles. The molecule has 2 heterocycles. The molecule has 6 heteroatoms. The average molecular weight is 419 g/mol. The lowest BCUT2D eigenvalue weighted by molar-refractivity contribution is 0.0329. The highest BCUT2D eigenvalue weighted by atomic mass is 32.2. The summed E-state index contributed by atoms with van der Waals surface area (Å²) in [7, 11) is 0. The number of nitrogens with zero attached hydrogens (tertiary/aromatic N) is 2. The van der Waals surface area contributed by atoms with Crippen LogP contribution in [0.1, 0.15) is 37.7 Å². The summed E-state index contributed by atoms with van der Waals surface area (Å²) in [6.45, 7) is 6.29. The molecule has 160 valence electrons. The van der Waals surface area contributed by atoms with Gasteiger partial charge in [-0.2, -0.15) is 0 Å². The third kappa shape index (κ3) is 5.10. The summed E-state index contributed by atoms with van der Waals surface area (Å²) in [5.74, 6) is 2.94. The van der Waals surface area contributed by atoms with Gasteiger partial charge in [-0.1, -0.05) is 12.1 Å². The van der Waals surface area contributed by atoms with Crippen molar-refractivity contribution in [2.45, 2.75) is 55.6 Å². The summed E-state index contributed by atoms with van der Waals surface area (Å²) in [5.41, 5.74) is 1.26. The Bertz CT molecular complexity index is 675. The van der Waals surface area contributed by atoms with Crippen LogP contribution in [0.4, 0.5) is 0 Å². The van der Waals surface area contributed by atoms with Crippen molar-refractivity contribution in [3.8, 4) is 5.75 Å². The van der Waals surface area contributed by atoms with Gasteiger partial charge in [-0.25, -0.2) is 0 Å². The molecule has 2 aliphatic carbocycles. The van der Waals surface area contributed by atoms with E-state index < -0.39 is 6.10 Å². The maximum absolute atomic E-state index is 10.5. The maximum Gasteiger partial charge on any atom is 0.138 e. The molecule has 0 aromatic heterocycles. The van der Waals surface area contributed by atoms with Gasteiger partial charge >= 0.3 is 0 Å². The Hall–Kier alpha value is -0.790.